The van der Waals surface area contributed by atoms with Gasteiger partial charge in [-0.2, -0.15) is 0 Å². The molecular formula is C21H22O10. The minimum Gasteiger partial charge on any atom is -0.508 e. The first-order chi connectivity index (χ1) is 14.8. The number of hydrogen-bond donors (Lipinski definition) is 6. The third kappa shape index (κ3) is 4.03. The summed E-state index contributed by atoms with van der Waals surface area (Å²) in [6.45, 7) is -0.619. The second-order valence-electron chi connectivity index (χ2n) is 7.46. The highest BCUT2D eigenvalue weighted by Gasteiger charge is 2.45. The van der Waals surface area contributed by atoms with Crippen LogP contribution in [-0.4, -0.2) is 73.7 Å². The Kier molecular flexibility index (Phi) is 5.73. The van der Waals surface area contributed by atoms with Crippen LogP contribution >= 0.6 is 0 Å². The Hall–Kier alpha value is -2.89. The number of aliphatic hydroxyl groups is 4. The summed E-state index contributed by atoms with van der Waals surface area (Å²) in [6, 6.07) is 8.64. The Labute approximate surface area is 176 Å². The maximum atomic E-state index is 12.6. The topological polar surface area (TPSA) is 166 Å². The number of hydrogen-bond acceptors (Lipinski definition) is 10. The first-order valence-corrected chi connectivity index (χ1v) is 9.61. The number of phenols is 2. The summed E-state index contributed by atoms with van der Waals surface area (Å²) >= 11 is 0. The molecule has 6 N–H and O–H groups in total. The predicted octanol–water partition coefficient (Wildman–Crippen LogP) is -0.0170. The molecule has 2 aliphatic heterocycles. The Morgan fingerprint density at radius 3 is 2.39 bits per heavy atom. The zero-order valence-corrected chi connectivity index (χ0v) is 16.2. The molecular weight excluding hydrogens is 412 g/mol. The van der Waals surface area contributed by atoms with Gasteiger partial charge in [0.15, 0.2) is 5.78 Å². The van der Waals surface area contributed by atoms with Gasteiger partial charge in [0.1, 0.15) is 59.1 Å². The van der Waals surface area contributed by atoms with Crippen molar-refractivity contribution in [2.75, 3.05) is 6.61 Å². The molecule has 0 radical (unpaired) electrons. The summed E-state index contributed by atoms with van der Waals surface area (Å²) in [5.74, 6) is -0.657. The van der Waals surface area contributed by atoms with Gasteiger partial charge < -0.3 is 44.8 Å². The smallest absolute Gasteiger partial charge is 0.229 e. The SMILES string of the molecule is O=C1C[C@@H](c2ccc(O)cc2)Oc2cc(O[C@H]3O[C@@H](CO)[C@@H](O)[C@@H](O)[C@@H]3O)cc(O)c21. The number of ether oxygens (including phenoxy) is 3. The number of aromatic hydroxyl groups is 2. The Morgan fingerprint density at radius 2 is 1.71 bits per heavy atom. The number of phenolic OH excluding ortho intramolecular Hbond substituents is 2. The Bertz CT molecular complexity index is 957. The van der Waals surface area contributed by atoms with Gasteiger partial charge in [-0.3, -0.25) is 4.79 Å². The Morgan fingerprint density at radius 1 is 1.00 bits per heavy atom. The number of aliphatic hydroxyl groups excluding tert-OH is 4. The number of benzene rings is 2. The fourth-order valence-corrected chi connectivity index (χ4v) is 3.66. The summed E-state index contributed by atoms with van der Waals surface area (Å²) in [5.41, 5.74) is 0.632. The quantitative estimate of drug-likeness (QED) is 0.385. The van der Waals surface area contributed by atoms with Crippen molar-refractivity contribution >= 4 is 5.78 Å². The van der Waals surface area contributed by atoms with Crippen molar-refractivity contribution < 1.29 is 49.6 Å². The summed E-state index contributed by atoms with van der Waals surface area (Å²) in [6.07, 6.45) is -8.09. The number of Topliss-reactive ketones (excluding diaryl/α,β-unsaturated/α-hetero) is 1. The molecule has 10 heteroatoms. The first kappa shape index (κ1) is 21.3. The van der Waals surface area contributed by atoms with Crippen molar-refractivity contribution in [1.82, 2.24) is 0 Å². The van der Waals surface area contributed by atoms with Crippen LogP contribution in [0, 0.1) is 0 Å². The van der Waals surface area contributed by atoms with E-state index in [0.29, 0.717) is 5.56 Å². The highest BCUT2D eigenvalue weighted by Crippen LogP contribution is 2.42. The lowest BCUT2D eigenvalue weighted by molar-refractivity contribution is -0.277. The van der Waals surface area contributed by atoms with Gasteiger partial charge in [-0.25, -0.2) is 0 Å². The third-order valence-electron chi connectivity index (χ3n) is 5.34. The van der Waals surface area contributed by atoms with E-state index in [2.05, 4.69) is 0 Å². The van der Waals surface area contributed by atoms with E-state index in [0.717, 1.165) is 6.07 Å². The molecule has 31 heavy (non-hydrogen) atoms. The van der Waals surface area contributed by atoms with Crippen LogP contribution in [-0.2, 0) is 4.74 Å². The van der Waals surface area contributed by atoms with Crippen LogP contribution in [0.5, 0.6) is 23.0 Å². The molecule has 0 spiro atoms. The number of rotatable bonds is 4. The van der Waals surface area contributed by atoms with E-state index in [9.17, 15) is 35.4 Å². The first-order valence-electron chi connectivity index (χ1n) is 9.61. The normalized spacial score (nSPS) is 30.4. The molecule has 166 valence electrons. The maximum absolute atomic E-state index is 12.6. The summed E-state index contributed by atoms with van der Waals surface area (Å²) in [7, 11) is 0. The van der Waals surface area contributed by atoms with Crippen molar-refractivity contribution in [1.29, 1.82) is 0 Å². The van der Waals surface area contributed by atoms with Crippen molar-refractivity contribution in [3.05, 3.63) is 47.5 Å². The summed E-state index contributed by atoms with van der Waals surface area (Å²) in [4.78, 5) is 12.6. The van der Waals surface area contributed by atoms with E-state index in [-0.39, 0.29) is 35.0 Å². The predicted molar refractivity (Wildman–Crippen MR) is 103 cm³/mol. The number of fused-ring (bicyclic) bond motifs is 1. The molecule has 2 aromatic rings. The minimum absolute atomic E-state index is 0.0156. The van der Waals surface area contributed by atoms with Crippen LogP contribution in [0.3, 0.4) is 0 Å². The van der Waals surface area contributed by atoms with E-state index in [1.807, 2.05) is 0 Å². The van der Waals surface area contributed by atoms with Gasteiger partial charge in [0.05, 0.1) is 13.0 Å². The van der Waals surface area contributed by atoms with Crippen molar-refractivity contribution in [3.8, 4) is 23.0 Å². The molecule has 0 amide bonds. The van der Waals surface area contributed by atoms with Crippen LogP contribution < -0.4 is 9.47 Å². The lowest BCUT2D eigenvalue weighted by atomic mass is 9.95. The fourth-order valence-electron chi connectivity index (χ4n) is 3.66. The largest absolute Gasteiger partial charge is 0.508 e. The highest BCUT2D eigenvalue weighted by molar-refractivity contribution is 6.02. The lowest BCUT2D eigenvalue weighted by Gasteiger charge is -2.39. The highest BCUT2D eigenvalue weighted by atomic mass is 16.7. The third-order valence-corrected chi connectivity index (χ3v) is 5.34. The van der Waals surface area contributed by atoms with Crippen molar-refractivity contribution in [3.63, 3.8) is 0 Å². The molecule has 4 rings (SSSR count). The van der Waals surface area contributed by atoms with Gasteiger partial charge in [0.25, 0.3) is 0 Å². The summed E-state index contributed by atoms with van der Waals surface area (Å²) < 4.78 is 16.7. The van der Waals surface area contributed by atoms with Gasteiger partial charge in [0, 0.05) is 12.1 Å². The van der Waals surface area contributed by atoms with Crippen LogP contribution in [0.2, 0.25) is 0 Å². The second-order valence-corrected chi connectivity index (χ2v) is 7.46. The minimum atomic E-state index is -1.64. The van der Waals surface area contributed by atoms with Crippen molar-refractivity contribution in [2.24, 2.45) is 0 Å². The van der Waals surface area contributed by atoms with Crippen LogP contribution in [0.25, 0.3) is 0 Å². The zero-order chi connectivity index (χ0) is 22.3. The van der Waals surface area contributed by atoms with E-state index in [4.69, 9.17) is 14.2 Å². The average Bonchev–Trinajstić information content (AvgIpc) is 2.74. The monoisotopic (exact) mass is 434 g/mol. The molecule has 2 aliphatic rings. The zero-order valence-electron chi connectivity index (χ0n) is 16.2. The Balaban J connectivity index is 1.59. The van der Waals surface area contributed by atoms with E-state index in [1.165, 1.54) is 18.2 Å². The second kappa shape index (κ2) is 8.33. The van der Waals surface area contributed by atoms with Crippen molar-refractivity contribution in [2.45, 2.75) is 43.2 Å². The van der Waals surface area contributed by atoms with Gasteiger partial charge in [-0.05, 0) is 17.7 Å². The van der Waals surface area contributed by atoms with Gasteiger partial charge >= 0.3 is 0 Å². The number of carbonyl (C=O) groups is 1. The lowest BCUT2D eigenvalue weighted by Crippen LogP contribution is -2.60. The number of ketones is 1. The molecule has 2 aromatic carbocycles. The van der Waals surface area contributed by atoms with E-state index in [1.54, 1.807) is 12.1 Å². The standard InChI is InChI=1S/C21H22O10/c22-8-16-18(26)19(27)20(28)21(31-16)29-11-5-12(24)17-13(25)7-14(30-15(17)6-11)9-1-3-10(23)4-2-9/h1-6,14,16,18-24,26-28H,7-8H2/t14-,16-,18+,19+,20-,21-/m0/s1. The van der Waals surface area contributed by atoms with Crippen LogP contribution in [0.15, 0.2) is 36.4 Å². The molecule has 1 saturated heterocycles. The van der Waals surface area contributed by atoms with Gasteiger partial charge in [-0.15, -0.1) is 0 Å². The fraction of sp³-hybridized carbons (Fsp3) is 0.381. The van der Waals surface area contributed by atoms with E-state index < -0.39 is 49.2 Å². The van der Waals surface area contributed by atoms with Crippen LogP contribution in [0.1, 0.15) is 28.4 Å². The molecule has 0 unspecified atom stereocenters. The van der Waals surface area contributed by atoms with Gasteiger partial charge in [-0.1, -0.05) is 12.1 Å². The molecule has 0 aliphatic carbocycles. The maximum Gasteiger partial charge on any atom is 0.229 e. The number of carbonyl (C=O) groups excluding carboxylic acids is 1. The molecule has 6 atom stereocenters. The molecule has 10 nitrogen and oxygen atoms in total. The molecule has 0 aromatic heterocycles. The summed E-state index contributed by atoms with van der Waals surface area (Å²) in [5, 5.41) is 59.0. The molecule has 1 fully saturated rings. The average molecular weight is 434 g/mol. The van der Waals surface area contributed by atoms with Crippen LogP contribution in [0.4, 0.5) is 0 Å². The van der Waals surface area contributed by atoms with E-state index >= 15 is 0 Å². The molecule has 0 saturated carbocycles. The molecule has 0 bridgehead atoms. The molecule has 2 heterocycles. The van der Waals surface area contributed by atoms with Gasteiger partial charge in [0.2, 0.25) is 6.29 Å².